The fourth-order valence-electron chi connectivity index (χ4n) is 5.32. The molecule has 0 aliphatic heterocycles. The van der Waals surface area contributed by atoms with Gasteiger partial charge < -0.3 is 10.3 Å². The summed E-state index contributed by atoms with van der Waals surface area (Å²) in [4.78, 5) is 40.8. The lowest BCUT2D eigenvalue weighted by Crippen LogP contribution is -2.46. The summed E-state index contributed by atoms with van der Waals surface area (Å²) in [6.07, 6.45) is 6.92. The molecule has 3 atom stereocenters. The highest BCUT2D eigenvalue weighted by Gasteiger charge is 2.32. The molecule has 6 nitrogen and oxygen atoms in total. The lowest BCUT2D eigenvalue weighted by Gasteiger charge is -2.36. The maximum absolute atomic E-state index is 12.8. The summed E-state index contributed by atoms with van der Waals surface area (Å²) in [5.74, 6) is 1.70. The van der Waals surface area contributed by atoms with Crippen LogP contribution in [0.5, 0.6) is 0 Å². The van der Waals surface area contributed by atoms with E-state index in [1.54, 1.807) is 12.1 Å². The van der Waals surface area contributed by atoms with Gasteiger partial charge in [-0.25, -0.2) is 4.79 Å². The van der Waals surface area contributed by atoms with Crippen molar-refractivity contribution in [2.75, 3.05) is 0 Å². The lowest BCUT2D eigenvalue weighted by atomic mass is 9.77. The average Bonchev–Trinajstić information content (AvgIpc) is 2.75. The van der Waals surface area contributed by atoms with Gasteiger partial charge in [0.25, 0.3) is 5.56 Å². The molecule has 1 aromatic carbocycles. The monoisotopic (exact) mass is 411 g/mol. The van der Waals surface area contributed by atoms with Gasteiger partial charge in [0.2, 0.25) is 5.91 Å². The number of nitrogens with one attached hydrogen (secondary N) is 2. The van der Waals surface area contributed by atoms with E-state index in [2.05, 4.69) is 24.1 Å². The molecule has 2 aliphatic carbocycles. The van der Waals surface area contributed by atoms with Gasteiger partial charge in [-0.15, -0.1) is 0 Å². The molecule has 0 saturated heterocycles. The number of hydrogen-bond donors (Lipinski definition) is 2. The molecule has 2 fully saturated rings. The molecular weight excluding hydrogens is 378 g/mol. The van der Waals surface area contributed by atoms with E-state index in [1.165, 1.54) is 17.4 Å². The number of aromatic amines is 1. The molecular formula is C24H33N3O3. The number of carbonyl (C=O) groups is 1. The van der Waals surface area contributed by atoms with Gasteiger partial charge in [-0.3, -0.25) is 14.2 Å². The smallest absolute Gasteiger partial charge is 0.328 e. The number of benzene rings is 1. The van der Waals surface area contributed by atoms with E-state index < -0.39 is 0 Å². The first-order chi connectivity index (χ1) is 14.4. The minimum absolute atomic E-state index is 0.0530. The van der Waals surface area contributed by atoms with Gasteiger partial charge in [0.1, 0.15) is 0 Å². The number of nitrogens with zero attached hydrogens (tertiary/aromatic N) is 1. The SMILES string of the molecule is C[C@@H]1[C@H](C)CCC[C@H]1NC(=O)C1CCC(Cn2c(=O)[nH]c3ccccc3c2=O)CC1. The van der Waals surface area contributed by atoms with E-state index in [0.717, 1.165) is 32.1 Å². The van der Waals surface area contributed by atoms with Crippen molar-refractivity contribution in [3.8, 4) is 0 Å². The van der Waals surface area contributed by atoms with Crippen LogP contribution in [0.2, 0.25) is 0 Å². The second-order valence-electron chi connectivity index (χ2n) is 9.49. The average molecular weight is 412 g/mol. The van der Waals surface area contributed by atoms with Crippen LogP contribution in [-0.4, -0.2) is 21.5 Å². The van der Waals surface area contributed by atoms with Gasteiger partial charge in [0.05, 0.1) is 10.9 Å². The van der Waals surface area contributed by atoms with Gasteiger partial charge in [0.15, 0.2) is 0 Å². The van der Waals surface area contributed by atoms with Crippen molar-refractivity contribution in [3.63, 3.8) is 0 Å². The van der Waals surface area contributed by atoms with Gasteiger partial charge in [0, 0.05) is 18.5 Å². The first-order valence-electron chi connectivity index (χ1n) is 11.5. The molecule has 2 aliphatic rings. The van der Waals surface area contributed by atoms with E-state index in [9.17, 15) is 14.4 Å². The Bertz CT molecular complexity index is 1020. The number of para-hydroxylation sites is 1. The van der Waals surface area contributed by atoms with E-state index >= 15 is 0 Å². The second-order valence-corrected chi connectivity index (χ2v) is 9.49. The molecule has 2 saturated carbocycles. The van der Waals surface area contributed by atoms with Crippen LogP contribution < -0.4 is 16.6 Å². The summed E-state index contributed by atoms with van der Waals surface area (Å²) in [6.45, 7) is 4.96. The predicted octanol–water partition coefficient (Wildman–Crippen LogP) is 3.44. The molecule has 0 radical (unpaired) electrons. The van der Waals surface area contributed by atoms with Crippen molar-refractivity contribution in [2.24, 2.45) is 23.7 Å². The van der Waals surface area contributed by atoms with Crippen LogP contribution in [0.4, 0.5) is 0 Å². The highest BCUT2D eigenvalue weighted by Crippen LogP contribution is 2.32. The largest absolute Gasteiger partial charge is 0.353 e. The van der Waals surface area contributed by atoms with E-state index in [4.69, 9.17) is 0 Å². The van der Waals surface area contributed by atoms with Gasteiger partial charge in [-0.2, -0.15) is 0 Å². The third-order valence-electron chi connectivity index (χ3n) is 7.58. The number of amides is 1. The first-order valence-corrected chi connectivity index (χ1v) is 11.5. The maximum atomic E-state index is 12.8. The Morgan fingerprint density at radius 2 is 1.80 bits per heavy atom. The fraction of sp³-hybridized carbons (Fsp3) is 0.625. The molecule has 1 aromatic heterocycles. The molecule has 0 unspecified atom stereocenters. The van der Waals surface area contributed by atoms with Gasteiger partial charge >= 0.3 is 5.69 Å². The van der Waals surface area contributed by atoms with Crippen LogP contribution in [0.25, 0.3) is 10.9 Å². The van der Waals surface area contributed by atoms with Gasteiger partial charge in [-0.1, -0.05) is 38.8 Å². The van der Waals surface area contributed by atoms with Crippen molar-refractivity contribution in [2.45, 2.75) is 71.4 Å². The molecule has 30 heavy (non-hydrogen) atoms. The van der Waals surface area contributed by atoms with Crippen LogP contribution in [0.1, 0.15) is 58.8 Å². The Kier molecular flexibility index (Phi) is 6.11. The summed E-state index contributed by atoms with van der Waals surface area (Å²) >= 11 is 0. The van der Waals surface area contributed by atoms with Crippen molar-refractivity contribution in [3.05, 3.63) is 45.1 Å². The number of aromatic nitrogens is 2. The topological polar surface area (TPSA) is 84.0 Å². The van der Waals surface area contributed by atoms with Crippen molar-refractivity contribution < 1.29 is 4.79 Å². The Morgan fingerprint density at radius 3 is 2.57 bits per heavy atom. The molecule has 1 amide bonds. The summed E-state index contributed by atoms with van der Waals surface area (Å²) < 4.78 is 1.33. The predicted molar refractivity (Wildman–Crippen MR) is 118 cm³/mol. The summed E-state index contributed by atoms with van der Waals surface area (Å²) in [7, 11) is 0. The second kappa shape index (κ2) is 8.78. The minimum Gasteiger partial charge on any atom is -0.353 e. The molecule has 1 heterocycles. The summed E-state index contributed by atoms with van der Waals surface area (Å²) in [6, 6.07) is 7.42. The van der Waals surface area contributed by atoms with Gasteiger partial charge in [-0.05, 0) is 62.0 Å². The van der Waals surface area contributed by atoms with Crippen LogP contribution in [0, 0.1) is 23.7 Å². The molecule has 0 spiro atoms. The normalized spacial score (nSPS) is 29.6. The lowest BCUT2D eigenvalue weighted by molar-refractivity contribution is -0.127. The van der Waals surface area contributed by atoms with Crippen molar-refractivity contribution in [1.29, 1.82) is 0 Å². The van der Waals surface area contributed by atoms with E-state index in [0.29, 0.717) is 35.3 Å². The highest BCUT2D eigenvalue weighted by atomic mass is 16.2. The number of carbonyl (C=O) groups excluding carboxylic acids is 1. The fourth-order valence-corrected chi connectivity index (χ4v) is 5.32. The Hall–Kier alpha value is -2.37. The molecule has 6 heteroatoms. The molecule has 2 N–H and O–H groups in total. The maximum Gasteiger partial charge on any atom is 0.328 e. The zero-order chi connectivity index (χ0) is 21.3. The third kappa shape index (κ3) is 4.23. The van der Waals surface area contributed by atoms with E-state index in [1.807, 2.05) is 12.1 Å². The zero-order valence-corrected chi connectivity index (χ0v) is 18.0. The third-order valence-corrected chi connectivity index (χ3v) is 7.58. The zero-order valence-electron chi connectivity index (χ0n) is 18.0. The summed E-state index contributed by atoms with van der Waals surface area (Å²) in [5, 5.41) is 3.87. The minimum atomic E-state index is -0.348. The molecule has 2 aromatic rings. The van der Waals surface area contributed by atoms with Crippen molar-refractivity contribution in [1.82, 2.24) is 14.9 Å². The first kappa shape index (κ1) is 20.9. The summed E-state index contributed by atoms with van der Waals surface area (Å²) in [5.41, 5.74) is 0.00369. The Labute approximate surface area is 177 Å². The van der Waals surface area contributed by atoms with Crippen molar-refractivity contribution >= 4 is 16.8 Å². The number of hydrogen-bond acceptors (Lipinski definition) is 3. The molecule has 4 rings (SSSR count). The van der Waals surface area contributed by atoms with Crippen LogP contribution in [0.3, 0.4) is 0 Å². The Balaban J connectivity index is 1.36. The highest BCUT2D eigenvalue weighted by molar-refractivity contribution is 5.79. The quantitative estimate of drug-likeness (QED) is 0.808. The number of H-pyrrole nitrogens is 1. The van der Waals surface area contributed by atoms with Crippen LogP contribution in [-0.2, 0) is 11.3 Å². The molecule has 162 valence electrons. The van der Waals surface area contributed by atoms with Crippen LogP contribution in [0.15, 0.2) is 33.9 Å². The number of rotatable bonds is 4. The molecule has 0 bridgehead atoms. The van der Waals surface area contributed by atoms with E-state index in [-0.39, 0.29) is 29.0 Å². The Morgan fingerprint density at radius 1 is 1.07 bits per heavy atom. The van der Waals surface area contributed by atoms with Crippen LogP contribution >= 0.6 is 0 Å². The number of fused-ring (bicyclic) bond motifs is 1. The standard InChI is InChI=1S/C24H33N3O3/c1-15-6-5-9-20(16(15)2)25-22(28)18-12-10-17(11-13-18)14-27-23(29)19-7-3-4-8-21(19)26-24(27)30/h3-4,7-8,15-18,20H,5-6,9-14H2,1-2H3,(H,25,28)(H,26,30)/t15-,16-,17?,18?,20-/m1/s1.